The number of hydrogen-bond acceptors (Lipinski definition) is 5. The van der Waals surface area contributed by atoms with E-state index in [4.69, 9.17) is 14.6 Å². The number of hydrogen-bond donors (Lipinski definition) is 1. The molecule has 0 radical (unpaired) electrons. The van der Waals surface area contributed by atoms with Crippen molar-refractivity contribution in [2.75, 3.05) is 19.5 Å². The molecule has 4 aromatic rings. The summed E-state index contributed by atoms with van der Waals surface area (Å²) in [5, 5.41) is 7.13. The molecular weight excluding hydrogens is 442 g/mol. The Morgan fingerprint density at radius 1 is 1.06 bits per heavy atom. The highest BCUT2D eigenvalue weighted by atomic mass is 19.1. The van der Waals surface area contributed by atoms with Crippen molar-refractivity contribution in [1.29, 1.82) is 0 Å². The molecule has 0 saturated carbocycles. The summed E-state index contributed by atoms with van der Waals surface area (Å²) in [6, 6.07) is 10.3. The Balaban J connectivity index is 1.59. The lowest BCUT2D eigenvalue weighted by Gasteiger charge is -2.11. The highest BCUT2D eigenvalue weighted by Gasteiger charge is 2.17. The van der Waals surface area contributed by atoms with Crippen molar-refractivity contribution in [2.24, 2.45) is 0 Å². The van der Waals surface area contributed by atoms with Crippen LogP contribution in [-0.4, -0.2) is 34.7 Å². The molecule has 0 saturated heterocycles. The molecule has 0 atom stereocenters. The van der Waals surface area contributed by atoms with E-state index in [1.54, 1.807) is 24.8 Å². The molecular formula is C25H24F2N4O3. The van der Waals surface area contributed by atoms with Crippen LogP contribution in [0.15, 0.2) is 42.5 Å². The predicted molar refractivity (Wildman–Crippen MR) is 124 cm³/mol. The topological polar surface area (TPSA) is 77.8 Å². The lowest BCUT2D eigenvalue weighted by atomic mass is 10.1. The number of halogens is 2. The van der Waals surface area contributed by atoms with Gasteiger partial charge in [-0.25, -0.2) is 18.3 Å². The third kappa shape index (κ3) is 4.54. The first-order valence-corrected chi connectivity index (χ1v) is 10.6. The Kier molecular flexibility index (Phi) is 6.45. The third-order valence-corrected chi connectivity index (χ3v) is 5.65. The van der Waals surface area contributed by atoms with E-state index in [9.17, 15) is 13.6 Å². The van der Waals surface area contributed by atoms with Crippen molar-refractivity contribution in [3.63, 3.8) is 0 Å². The van der Waals surface area contributed by atoms with Crippen molar-refractivity contribution >= 4 is 17.2 Å². The first-order valence-electron chi connectivity index (χ1n) is 10.6. The number of methoxy groups -OCH3 is 2. The minimum Gasteiger partial charge on any atom is -0.497 e. The molecule has 176 valence electrons. The second-order valence-electron chi connectivity index (χ2n) is 7.80. The van der Waals surface area contributed by atoms with Gasteiger partial charge in [-0.3, -0.25) is 4.79 Å². The molecule has 9 heteroatoms. The van der Waals surface area contributed by atoms with Gasteiger partial charge in [0.15, 0.2) is 5.65 Å². The summed E-state index contributed by atoms with van der Waals surface area (Å²) in [5.41, 5.74) is 4.43. The number of carbonyl (C=O) groups is 1. The number of nitrogens with one attached hydrogen (secondary N) is 1. The number of aromatic nitrogens is 3. The van der Waals surface area contributed by atoms with E-state index in [2.05, 4.69) is 10.3 Å². The molecule has 1 amide bonds. The molecule has 4 rings (SSSR count). The fourth-order valence-corrected chi connectivity index (χ4v) is 3.87. The number of rotatable bonds is 7. The van der Waals surface area contributed by atoms with Crippen LogP contribution in [0.3, 0.4) is 0 Å². The maximum atomic E-state index is 13.8. The fourth-order valence-electron chi connectivity index (χ4n) is 3.87. The third-order valence-electron chi connectivity index (χ3n) is 5.65. The zero-order valence-electron chi connectivity index (χ0n) is 19.3. The van der Waals surface area contributed by atoms with Crippen LogP contribution < -0.4 is 14.8 Å². The molecule has 0 spiro atoms. The molecule has 0 bridgehead atoms. The van der Waals surface area contributed by atoms with Gasteiger partial charge in [0.25, 0.3) is 0 Å². The molecule has 0 aliphatic heterocycles. The predicted octanol–water partition coefficient (Wildman–Crippen LogP) is 4.88. The number of amides is 1. The molecule has 7 nitrogen and oxygen atoms in total. The van der Waals surface area contributed by atoms with Crippen molar-refractivity contribution in [3.05, 3.63) is 71.1 Å². The summed E-state index contributed by atoms with van der Waals surface area (Å²) < 4.78 is 39.7. The maximum Gasteiger partial charge on any atom is 0.224 e. The van der Waals surface area contributed by atoms with Crippen LogP contribution in [0.2, 0.25) is 0 Å². The molecule has 2 heterocycles. The van der Waals surface area contributed by atoms with E-state index >= 15 is 0 Å². The van der Waals surface area contributed by atoms with E-state index < -0.39 is 17.5 Å². The lowest BCUT2D eigenvalue weighted by molar-refractivity contribution is -0.116. The average molecular weight is 466 g/mol. The molecule has 0 unspecified atom stereocenters. The summed E-state index contributed by atoms with van der Waals surface area (Å²) in [6.07, 6.45) is 0.440. The highest BCUT2D eigenvalue weighted by Crippen LogP contribution is 2.33. The Labute approximate surface area is 195 Å². The van der Waals surface area contributed by atoms with E-state index in [1.807, 2.05) is 32.0 Å². The van der Waals surface area contributed by atoms with Gasteiger partial charge in [-0.2, -0.15) is 5.10 Å². The van der Waals surface area contributed by atoms with Crippen molar-refractivity contribution in [1.82, 2.24) is 14.6 Å². The zero-order valence-corrected chi connectivity index (χ0v) is 19.3. The normalized spacial score (nSPS) is 11.0. The van der Waals surface area contributed by atoms with Gasteiger partial charge in [-0.05, 0) is 50.1 Å². The van der Waals surface area contributed by atoms with Crippen molar-refractivity contribution in [2.45, 2.75) is 26.7 Å². The van der Waals surface area contributed by atoms with E-state index in [0.717, 1.165) is 40.7 Å². The summed E-state index contributed by atoms with van der Waals surface area (Å²) in [6.45, 7) is 3.77. The second-order valence-corrected chi connectivity index (χ2v) is 7.80. The number of benzene rings is 2. The second kappa shape index (κ2) is 9.46. The minimum atomic E-state index is -0.691. The van der Waals surface area contributed by atoms with Crippen molar-refractivity contribution < 1.29 is 23.0 Å². The largest absolute Gasteiger partial charge is 0.497 e. The Hall–Kier alpha value is -4.01. The molecule has 0 aliphatic rings. The number of carbonyl (C=O) groups excluding carboxylic acids is 1. The fraction of sp³-hybridized carbons (Fsp3) is 0.240. The monoisotopic (exact) mass is 466 g/mol. The van der Waals surface area contributed by atoms with Gasteiger partial charge < -0.3 is 14.8 Å². The summed E-state index contributed by atoms with van der Waals surface area (Å²) in [4.78, 5) is 17.0. The smallest absolute Gasteiger partial charge is 0.224 e. The summed E-state index contributed by atoms with van der Waals surface area (Å²) in [7, 11) is 3.17. The molecule has 0 fully saturated rings. The number of ether oxygens (including phenoxy) is 2. The molecule has 2 aromatic carbocycles. The van der Waals surface area contributed by atoms with Gasteiger partial charge >= 0.3 is 0 Å². The van der Waals surface area contributed by atoms with E-state index in [-0.39, 0.29) is 12.1 Å². The number of aryl methyl sites for hydroxylation is 2. The SMILES string of the molecule is COc1ccc(-c2cc3nc(C)c(CCC(=O)Nc4cc(F)ccc4F)c(C)n3n2)c(OC)c1. The van der Waals surface area contributed by atoms with Crippen LogP contribution in [0.4, 0.5) is 14.5 Å². The van der Waals surface area contributed by atoms with Crippen LogP contribution in [0.1, 0.15) is 23.4 Å². The van der Waals surface area contributed by atoms with Gasteiger partial charge in [-0.15, -0.1) is 0 Å². The van der Waals surface area contributed by atoms with Gasteiger partial charge in [0, 0.05) is 41.6 Å². The summed E-state index contributed by atoms with van der Waals surface area (Å²) in [5.74, 6) is -0.441. The zero-order chi connectivity index (χ0) is 24.4. The highest BCUT2D eigenvalue weighted by molar-refractivity contribution is 5.91. The first-order chi connectivity index (χ1) is 16.3. The van der Waals surface area contributed by atoms with Gasteiger partial charge in [-0.1, -0.05) is 0 Å². The van der Waals surface area contributed by atoms with Crippen LogP contribution in [0.5, 0.6) is 11.5 Å². The first kappa shape index (κ1) is 23.2. The van der Waals surface area contributed by atoms with Crippen LogP contribution >= 0.6 is 0 Å². The minimum absolute atomic E-state index is 0.0747. The van der Waals surface area contributed by atoms with E-state index in [0.29, 0.717) is 29.3 Å². The molecule has 0 aliphatic carbocycles. The van der Waals surface area contributed by atoms with E-state index in [1.165, 1.54) is 0 Å². The van der Waals surface area contributed by atoms with Crippen molar-refractivity contribution in [3.8, 4) is 22.8 Å². The number of fused-ring (bicyclic) bond motifs is 1. The lowest BCUT2D eigenvalue weighted by Crippen LogP contribution is -2.15. The molecule has 2 aromatic heterocycles. The van der Waals surface area contributed by atoms with Crippen LogP contribution in [0, 0.1) is 25.5 Å². The quantitative estimate of drug-likeness (QED) is 0.420. The summed E-state index contributed by atoms with van der Waals surface area (Å²) >= 11 is 0. The number of nitrogens with zero attached hydrogens (tertiary/aromatic N) is 3. The Bertz CT molecular complexity index is 1380. The average Bonchev–Trinajstić information content (AvgIpc) is 3.24. The van der Waals surface area contributed by atoms with Gasteiger partial charge in [0.05, 0.1) is 25.6 Å². The maximum absolute atomic E-state index is 13.8. The number of anilines is 1. The Morgan fingerprint density at radius 3 is 2.59 bits per heavy atom. The molecule has 34 heavy (non-hydrogen) atoms. The Morgan fingerprint density at radius 2 is 1.85 bits per heavy atom. The van der Waals surface area contributed by atoms with Gasteiger partial charge in [0.1, 0.15) is 23.1 Å². The van der Waals surface area contributed by atoms with Crippen LogP contribution in [0.25, 0.3) is 16.9 Å². The van der Waals surface area contributed by atoms with Gasteiger partial charge in [0.2, 0.25) is 5.91 Å². The standard InChI is InChI=1S/C25H24F2N4O3/c1-14-18(8-10-25(32)29-22-11-16(26)5-9-20(22)27)15(2)31-24(28-14)13-21(30-31)19-7-6-17(33-3)12-23(19)34-4/h5-7,9,11-13H,8,10H2,1-4H3,(H,29,32). The molecule has 1 N–H and O–H groups in total. The van der Waals surface area contributed by atoms with Crippen LogP contribution in [-0.2, 0) is 11.2 Å².